The summed E-state index contributed by atoms with van der Waals surface area (Å²) in [5.41, 5.74) is -0.412. The normalized spacial score (nSPS) is 17.6. The number of benzene rings is 1. The summed E-state index contributed by atoms with van der Waals surface area (Å²) in [4.78, 5) is 2.24. The predicted octanol–water partition coefficient (Wildman–Crippen LogP) is 3.10. The summed E-state index contributed by atoms with van der Waals surface area (Å²) in [5, 5.41) is 11.9. The van der Waals surface area contributed by atoms with Crippen molar-refractivity contribution in [3.63, 3.8) is 0 Å². The van der Waals surface area contributed by atoms with Gasteiger partial charge in [-0.2, -0.15) is 17.9 Å². The van der Waals surface area contributed by atoms with Crippen LogP contribution in [0.3, 0.4) is 0 Å². The first-order valence-corrected chi connectivity index (χ1v) is 8.64. The molecule has 3 rings (SSSR count). The Bertz CT molecular complexity index is 725. The number of tetrazole rings is 1. The molecule has 0 spiro atoms. The van der Waals surface area contributed by atoms with Crippen LogP contribution in [0, 0.1) is 5.92 Å². The molecule has 1 aromatic heterocycles. The molecule has 1 aliphatic rings. The van der Waals surface area contributed by atoms with Crippen LogP contribution in [0.2, 0.25) is 0 Å². The second-order valence-corrected chi connectivity index (χ2v) is 6.79. The van der Waals surface area contributed by atoms with Crippen LogP contribution in [0.15, 0.2) is 24.3 Å². The Morgan fingerprint density at radius 2 is 1.92 bits per heavy atom. The van der Waals surface area contributed by atoms with E-state index >= 15 is 0 Å². The fourth-order valence-corrected chi connectivity index (χ4v) is 3.15. The Balaban J connectivity index is 1.97. The maximum atomic E-state index is 13.0. The lowest BCUT2D eigenvalue weighted by Crippen LogP contribution is -2.40. The van der Waals surface area contributed by atoms with Crippen molar-refractivity contribution < 1.29 is 17.9 Å². The minimum atomic E-state index is -4.41. The average Bonchev–Trinajstić information content (AvgIpc) is 3.09. The molecule has 0 N–H and O–H groups in total. The number of morpholine rings is 1. The highest BCUT2D eigenvalue weighted by Gasteiger charge is 2.32. The lowest BCUT2D eigenvalue weighted by atomic mass is 10.0. The molecule has 6 nitrogen and oxygen atoms in total. The summed E-state index contributed by atoms with van der Waals surface area (Å²) in [6, 6.07) is 4.99. The molecule has 2 heterocycles. The van der Waals surface area contributed by atoms with Gasteiger partial charge in [-0.25, -0.2) is 0 Å². The van der Waals surface area contributed by atoms with Crippen LogP contribution in [0.5, 0.6) is 0 Å². The van der Waals surface area contributed by atoms with Crippen molar-refractivity contribution in [3.05, 3.63) is 35.7 Å². The van der Waals surface area contributed by atoms with Crippen LogP contribution in [-0.4, -0.2) is 51.4 Å². The molecule has 0 amide bonds. The van der Waals surface area contributed by atoms with E-state index in [1.807, 2.05) is 0 Å². The number of alkyl halides is 3. The number of ether oxygens (including phenoxy) is 1. The van der Waals surface area contributed by atoms with Gasteiger partial charge in [-0.3, -0.25) is 4.90 Å². The van der Waals surface area contributed by atoms with Gasteiger partial charge in [0.25, 0.3) is 0 Å². The zero-order valence-electron chi connectivity index (χ0n) is 14.8. The highest BCUT2D eigenvalue weighted by Crippen LogP contribution is 2.32. The smallest absolute Gasteiger partial charge is 0.379 e. The maximum absolute atomic E-state index is 13.0. The fraction of sp³-hybridized carbons (Fsp3) is 0.588. The molecule has 0 bridgehead atoms. The largest absolute Gasteiger partial charge is 0.416 e. The first-order chi connectivity index (χ1) is 12.4. The molecule has 1 fully saturated rings. The third-order valence-corrected chi connectivity index (χ3v) is 4.39. The van der Waals surface area contributed by atoms with Gasteiger partial charge < -0.3 is 4.74 Å². The van der Waals surface area contributed by atoms with Crippen molar-refractivity contribution in [1.29, 1.82) is 0 Å². The van der Waals surface area contributed by atoms with E-state index in [1.54, 1.807) is 6.07 Å². The summed E-state index contributed by atoms with van der Waals surface area (Å²) < 4.78 is 46.0. The topological polar surface area (TPSA) is 56.1 Å². The summed E-state index contributed by atoms with van der Waals surface area (Å²) in [7, 11) is 0. The van der Waals surface area contributed by atoms with Crippen LogP contribution in [-0.2, 0) is 10.9 Å². The third-order valence-electron chi connectivity index (χ3n) is 4.39. The number of halogens is 3. The predicted molar refractivity (Wildman–Crippen MR) is 88.7 cm³/mol. The van der Waals surface area contributed by atoms with Gasteiger partial charge in [0.05, 0.1) is 30.5 Å². The number of nitrogens with zero attached hydrogens (tertiary/aromatic N) is 5. The molecule has 1 saturated heterocycles. The Kier molecular flexibility index (Phi) is 5.57. The Hall–Kier alpha value is -2.00. The summed E-state index contributed by atoms with van der Waals surface area (Å²) in [6.07, 6.45) is -3.61. The second kappa shape index (κ2) is 7.71. The monoisotopic (exact) mass is 369 g/mol. The average molecular weight is 369 g/mol. The van der Waals surface area contributed by atoms with Gasteiger partial charge in [0.1, 0.15) is 0 Å². The first-order valence-electron chi connectivity index (χ1n) is 8.64. The van der Waals surface area contributed by atoms with Gasteiger partial charge >= 0.3 is 6.18 Å². The number of aromatic nitrogens is 4. The molecule has 0 saturated carbocycles. The van der Waals surface area contributed by atoms with Crippen molar-refractivity contribution in [2.45, 2.75) is 32.5 Å². The van der Waals surface area contributed by atoms with Crippen LogP contribution in [0.1, 0.15) is 37.7 Å². The van der Waals surface area contributed by atoms with Crippen LogP contribution in [0.25, 0.3) is 5.69 Å². The molecule has 2 aromatic rings. The lowest BCUT2D eigenvalue weighted by Gasteiger charge is -2.34. The molecule has 0 radical (unpaired) electrons. The van der Waals surface area contributed by atoms with E-state index in [0.717, 1.165) is 31.6 Å². The zero-order chi connectivity index (χ0) is 18.7. The van der Waals surface area contributed by atoms with Crippen LogP contribution in [0.4, 0.5) is 13.2 Å². The second-order valence-electron chi connectivity index (χ2n) is 6.79. The number of hydrogen-bond donors (Lipinski definition) is 0. The third kappa shape index (κ3) is 4.21. The summed E-state index contributed by atoms with van der Waals surface area (Å²) in [6.45, 7) is 6.94. The maximum Gasteiger partial charge on any atom is 0.416 e. The highest BCUT2D eigenvalue weighted by atomic mass is 19.4. The van der Waals surface area contributed by atoms with Gasteiger partial charge in [0.15, 0.2) is 5.82 Å². The Morgan fingerprint density at radius 1 is 1.19 bits per heavy atom. The highest BCUT2D eigenvalue weighted by molar-refractivity contribution is 5.37. The molecule has 1 aromatic carbocycles. The molecular weight excluding hydrogens is 347 g/mol. The van der Waals surface area contributed by atoms with Gasteiger partial charge in [-0.15, -0.1) is 5.10 Å². The number of hydrogen-bond acceptors (Lipinski definition) is 5. The fourth-order valence-electron chi connectivity index (χ4n) is 3.15. The Labute approximate surface area is 149 Å². The zero-order valence-corrected chi connectivity index (χ0v) is 14.8. The van der Waals surface area contributed by atoms with Crippen molar-refractivity contribution in [2.75, 3.05) is 26.3 Å². The lowest BCUT2D eigenvalue weighted by molar-refractivity contribution is -0.137. The standard InChI is InChI=1S/C17H22F3N5O/c1-12(2)10-15(24-6-8-26-9-7-24)16-21-22-23-25(16)14-5-3-4-13(11-14)17(18,19)20/h3-5,11-12,15H,6-10H2,1-2H3. The van der Waals surface area contributed by atoms with E-state index in [4.69, 9.17) is 4.74 Å². The molecular formula is C17H22F3N5O. The molecule has 142 valence electrons. The van der Waals surface area contributed by atoms with E-state index in [2.05, 4.69) is 34.3 Å². The van der Waals surface area contributed by atoms with Gasteiger partial charge in [-0.1, -0.05) is 19.9 Å². The van der Waals surface area contributed by atoms with E-state index in [0.29, 0.717) is 30.6 Å². The first kappa shape index (κ1) is 18.8. The minimum Gasteiger partial charge on any atom is -0.379 e. The summed E-state index contributed by atoms with van der Waals surface area (Å²) >= 11 is 0. The van der Waals surface area contributed by atoms with Gasteiger partial charge in [0.2, 0.25) is 0 Å². The van der Waals surface area contributed by atoms with Crippen molar-refractivity contribution in [2.24, 2.45) is 5.92 Å². The van der Waals surface area contributed by atoms with Crippen molar-refractivity contribution >= 4 is 0 Å². The molecule has 1 aliphatic heterocycles. The van der Waals surface area contributed by atoms with Gasteiger partial charge in [-0.05, 0) is 41.0 Å². The summed E-state index contributed by atoms with van der Waals surface area (Å²) in [5.74, 6) is 0.939. The molecule has 1 unspecified atom stereocenters. The van der Waals surface area contributed by atoms with Gasteiger partial charge in [0, 0.05) is 13.1 Å². The molecule has 1 atom stereocenters. The van der Waals surface area contributed by atoms with E-state index in [1.165, 1.54) is 10.7 Å². The molecule has 9 heteroatoms. The SMILES string of the molecule is CC(C)CC(c1nnnn1-c1cccc(C(F)(F)F)c1)N1CCOCC1. The van der Waals surface area contributed by atoms with Crippen LogP contribution >= 0.6 is 0 Å². The number of rotatable bonds is 5. The Morgan fingerprint density at radius 3 is 2.58 bits per heavy atom. The van der Waals surface area contributed by atoms with Crippen molar-refractivity contribution in [1.82, 2.24) is 25.1 Å². The van der Waals surface area contributed by atoms with E-state index in [9.17, 15) is 13.2 Å². The molecule has 26 heavy (non-hydrogen) atoms. The van der Waals surface area contributed by atoms with E-state index < -0.39 is 11.7 Å². The van der Waals surface area contributed by atoms with E-state index in [-0.39, 0.29) is 6.04 Å². The quantitative estimate of drug-likeness (QED) is 0.811. The van der Waals surface area contributed by atoms with Crippen molar-refractivity contribution in [3.8, 4) is 5.69 Å². The minimum absolute atomic E-state index is 0.0801. The van der Waals surface area contributed by atoms with Crippen LogP contribution < -0.4 is 0 Å². The molecule has 0 aliphatic carbocycles.